The number of rotatable bonds is 2. The van der Waals surface area contributed by atoms with Crippen LogP contribution >= 0.6 is 15.9 Å². The number of pyridine rings is 1. The largest absolute Gasteiger partial charge is 0.360 e. The molecule has 116 valence electrons. The maximum atomic E-state index is 11.5. The van der Waals surface area contributed by atoms with Crippen molar-refractivity contribution in [2.24, 2.45) is 0 Å². The van der Waals surface area contributed by atoms with Gasteiger partial charge in [-0.1, -0.05) is 15.9 Å². The van der Waals surface area contributed by atoms with Crippen molar-refractivity contribution in [3.63, 3.8) is 0 Å². The Bertz CT molecular complexity index is 737. The van der Waals surface area contributed by atoms with Gasteiger partial charge < -0.3 is 10.2 Å². The standard InChI is InChI=1S/C15H17BrN4O2/c1-9-8-19(10(2)6-17-9)15-12-5-11(16)3-4-13(12)18-7-14(15)20(21)22/h3-5,7,9-10,17H,6,8H2,1-2H3. The molecule has 1 aliphatic rings. The van der Waals surface area contributed by atoms with Crippen molar-refractivity contribution >= 4 is 38.2 Å². The monoisotopic (exact) mass is 364 g/mol. The van der Waals surface area contributed by atoms with Crippen LogP contribution in [0.5, 0.6) is 0 Å². The van der Waals surface area contributed by atoms with Crippen molar-refractivity contribution in [3.8, 4) is 0 Å². The van der Waals surface area contributed by atoms with E-state index in [1.807, 2.05) is 18.2 Å². The first kappa shape index (κ1) is 15.2. The fraction of sp³-hybridized carbons (Fsp3) is 0.400. The van der Waals surface area contributed by atoms with Crippen LogP contribution in [0.3, 0.4) is 0 Å². The van der Waals surface area contributed by atoms with Gasteiger partial charge in [0.1, 0.15) is 11.9 Å². The van der Waals surface area contributed by atoms with Crippen LogP contribution < -0.4 is 10.2 Å². The predicted octanol–water partition coefficient (Wildman–Crippen LogP) is 3.09. The molecular formula is C15H17BrN4O2. The van der Waals surface area contributed by atoms with Gasteiger partial charge in [0.2, 0.25) is 0 Å². The maximum Gasteiger partial charge on any atom is 0.311 e. The number of nitro groups is 1. The Kier molecular flexibility index (Phi) is 4.01. The van der Waals surface area contributed by atoms with Crippen molar-refractivity contribution in [3.05, 3.63) is 39.0 Å². The summed E-state index contributed by atoms with van der Waals surface area (Å²) in [6.07, 6.45) is 1.37. The van der Waals surface area contributed by atoms with Gasteiger partial charge in [-0.15, -0.1) is 0 Å². The molecular weight excluding hydrogens is 348 g/mol. The van der Waals surface area contributed by atoms with Gasteiger partial charge in [0.15, 0.2) is 0 Å². The molecule has 22 heavy (non-hydrogen) atoms. The Morgan fingerprint density at radius 3 is 2.95 bits per heavy atom. The second-order valence-electron chi connectivity index (χ2n) is 5.72. The molecule has 1 fully saturated rings. The minimum atomic E-state index is -0.345. The molecule has 1 saturated heterocycles. The lowest BCUT2D eigenvalue weighted by atomic mass is 10.1. The van der Waals surface area contributed by atoms with Gasteiger partial charge in [0.05, 0.1) is 10.4 Å². The van der Waals surface area contributed by atoms with E-state index in [4.69, 9.17) is 0 Å². The van der Waals surface area contributed by atoms with E-state index in [1.54, 1.807) is 0 Å². The fourth-order valence-electron chi connectivity index (χ4n) is 2.91. The maximum absolute atomic E-state index is 11.5. The van der Waals surface area contributed by atoms with Gasteiger partial charge in [-0.3, -0.25) is 10.1 Å². The van der Waals surface area contributed by atoms with Crippen LogP contribution in [0.15, 0.2) is 28.9 Å². The molecule has 7 heteroatoms. The quantitative estimate of drug-likeness (QED) is 0.654. The molecule has 1 aromatic carbocycles. The zero-order valence-corrected chi connectivity index (χ0v) is 14.0. The number of hydrogen-bond donors (Lipinski definition) is 1. The van der Waals surface area contributed by atoms with Crippen LogP contribution in [-0.4, -0.2) is 35.1 Å². The molecule has 0 spiro atoms. The van der Waals surface area contributed by atoms with Crippen molar-refractivity contribution in [1.82, 2.24) is 10.3 Å². The summed E-state index contributed by atoms with van der Waals surface area (Å²) in [5, 5.41) is 15.7. The molecule has 2 aromatic rings. The summed E-state index contributed by atoms with van der Waals surface area (Å²) >= 11 is 3.45. The predicted molar refractivity (Wildman–Crippen MR) is 90.4 cm³/mol. The highest BCUT2D eigenvalue weighted by Gasteiger charge is 2.30. The van der Waals surface area contributed by atoms with E-state index in [9.17, 15) is 10.1 Å². The van der Waals surface area contributed by atoms with Crippen LogP contribution in [0.4, 0.5) is 11.4 Å². The Balaban J connectivity index is 2.26. The van der Waals surface area contributed by atoms with Crippen molar-refractivity contribution in [2.75, 3.05) is 18.0 Å². The Labute approximate surface area is 136 Å². The van der Waals surface area contributed by atoms with Crippen molar-refractivity contribution in [2.45, 2.75) is 25.9 Å². The van der Waals surface area contributed by atoms with E-state index in [2.05, 4.69) is 45.0 Å². The van der Waals surface area contributed by atoms with Crippen LogP contribution in [0, 0.1) is 10.1 Å². The molecule has 1 N–H and O–H groups in total. The zero-order valence-electron chi connectivity index (χ0n) is 12.4. The number of halogens is 1. The molecule has 2 atom stereocenters. The molecule has 0 radical (unpaired) electrons. The fourth-order valence-corrected chi connectivity index (χ4v) is 3.27. The second kappa shape index (κ2) is 5.81. The lowest BCUT2D eigenvalue weighted by molar-refractivity contribution is -0.384. The Morgan fingerprint density at radius 1 is 1.45 bits per heavy atom. The minimum absolute atomic E-state index is 0.0616. The molecule has 2 heterocycles. The summed E-state index contributed by atoms with van der Waals surface area (Å²) in [5.41, 5.74) is 1.49. The van der Waals surface area contributed by atoms with E-state index in [1.165, 1.54) is 6.20 Å². The topological polar surface area (TPSA) is 71.3 Å². The van der Waals surface area contributed by atoms with Crippen LogP contribution in [0.25, 0.3) is 10.9 Å². The molecule has 0 saturated carbocycles. The number of benzene rings is 1. The first-order valence-corrected chi connectivity index (χ1v) is 7.99. The molecule has 1 aromatic heterocycles. The van der Waals surface area contributed by atoms with E-state index >= 15 is 0 Å². The first-order chi connectivity index (χ1) is 10.5. The third-order valence-electron chi connectivity index (χ3n) is 4.03. The lowest BCUT2D eigenvalue weighted by Crippen LogP contribution is -2.54. The van der Waals surface area contributed by atoms with Crippen LogP contribution in [0.1, 0.15) is 13.8 Å². The van der Waals surface area contributed by atoms with Gasteiger partial charge in [-0.05, 0) is 32.0 Å². The number of hydrogen-bond acceptors (Lipinski definition) is 5. The number of fused-ring (bicyclic) bond motifs is 1. The molecule has 0 amide bonds. The van der Waals surface area contributed by atoms with Gasteiger partial charge >= 0.3 is 5.69 Å². The number of piperazine rings is 1. The number of nitrogens with zero attached hydrogens (tertiary/aromatic N) is 3. The Hall–Kier alpha value is -1.73. The van der Waals surface area contributed by atoms with E-state index < -0.39 is 0 Å². The molecule has 3 rings (SSSR count). The zero-order chi connectivity index (χ0) is 15.9. The molecule has 2 unspecified atom stereocenters. The summed E-state index contributed by atoms with van der Waals surface area (Å²) in [4.78, 5) is 17.5. The molecule has 1 aliphatic heterocycles. The van der Waals surface area contributed by atoms with Crippen LogP contribution in [0.2, 0.25) is 0 Å². The summed E-state index contributed by atoms with van der Waals surface area (Å²) in [7, 11) is 0. The van der Waals surface area contributed by atoms with Gasteiger partial charge in [-0.25, -0.2) is 4.98 Å². The second-order valence-corrected chi connectivity index (χ2v) is 6.64. The highest BCUT2D eigenvalue weighted by Crippen LogP contribution is 2.37. The molecule has 0 aliphatic carbocycles. The summed E-state index contributed by atoms with van der Waals surface area (Å²) in [6, 6.07) is 6.15. The SMILES string of the molecule is CC1CN(c2c([N+](=O)[O-])cnc3ccc(Br)cc23)C(C)CN1. The Morgan fingerprint density at radius 2 is 2.23 bits per heavy atom. The molecule has 0 bridgehead atoms. The highest BCUT2D eigenvalue weighted by atomic mass is 79.9. The third kappa shape index (κ3) is 2.66. The summed E-state index contributed by atoms with van der Waals surface area (Å²) in [6.45, 7) is 5.70. The first-order valence-electron chi connectivity index (χ1n) is 7.20. The van der Waals surface area contributed by atoms with Gasteiger partial charge in [-0.2, -0.15) is 0 Å². The van der Waals surface area contributed by atoms with Crippen molar-refractivity contribution in [1.29, 1.82) is 0 Å². The van der Waals surface area contributed by atoms with Gasteiger partial charge in [0, 0.05) is 35.0 Å². The third-order valence-corrected chi connectivity index (χ3v) is 4.52. The summed E-state index contributed by atoms with van der Waals surface area (Å²) < 4.78 is 0.888. The lowest BCUT2D eigenvalue weighted by Gasteiger charge is -2.39. The minimum Gasteiger partial charge on any atom is -0.360 e. The number of anilines is 1. The van der Waals surface area contributed by atoms with E-state index in [-0.39, 0.29) is 22.7 Å². The normalized spacial score (nSPS) is 22.0. The van der Waals surface area contributed by atoms with Crippen LogP contribution in [-0.2, 0) is 0 Å². The number of aromatic nitrogens is 1. The smallest absolute Gasteiger partial charge is 0.311 e. The highest BCUT2D eigenvalue weighted by molar-refractivity contribution is 9.10. The number of nitrogens with one attached hydrogen (secondary N) is 1. The van der Waals surface area contributed by atoms with E-state index in [0.29, 0.717) is 5.69 Å². The average Bonchev–Trinajstić information content (AvgIpc) is 2.48. The van der Waals surface area contributed by atoms with E-state index in [0.717, 1.165) is 28.5 Å². The summed E-state index contributed by atoms with van der Waals surface area (Å²) in [5.74, 6) is 0. The molecule has 6 nitrogen and oxygen atoms in total. The van der Waals surface area contributed by atoms with Gasteiger partial charge in [0.25, 0.3) is 0 Å². The van der Waals surface area contributed by atoms with Crippen molar-refractivity contribution < 1.29 is 4.92 Å². The average molecular weight is 365 g/mol.